The second-order valence-corrected chi connectivity index (χ2v) is 2.84. The van der Waals surface area contributed by atoms with E-state index in [-0.39, 0.29) is 6.17 Å². The van der Waals surface area contributed by atoms with E-state index in [1.54, 1.807) is 6.20 Å². The van der Waals surface area contributed by atoms with E-state index < -0.39 is 0 Å². The van der Waals surface area contributed by atoms with Crippen molar-refractivity contribution < 1.29 is 0 Å². The minimum Gasteiger partial charge on any atom is -0.348 e. The first kappa shape index (κ1) is 7.98. The van der Waals surface area contributed by atoms with Gasteiger partial charge in [0.2, 0.25) is 0 Å². The molecule has 0 amide bonds. The van der Waals surface area contributed by atoms with E-state index >= 15 is 0 Å². The van der Waals surface area contributed by atoms with Crippen LogP contribution in [0.15, 0.2) is 41.5 Å². The summed E-state index contributed by atoms with van der Waals surface area (Å²) in [6, 6.07) is 5.79. The summed E-state index contributed by atoms with van der Waals surface area (Å²) in [5.74, 6) is 0.875. The highest BCUT2D eigenvalue weighted by Gasteiger charge is 2.05. The van der Waals surface area contributed by atoms with E-state index in [4.69, 9.17) is 0 Å². The summed E-state index contributed by atoms with van der Waals surface area (Å²) in [7, 11) is 0. The summed E-state index contributed by atoms with van der Waals surface area (Å²) in [4.78, 5) is 8.43. The monoisotopic (exact) mass is 173 g/mol. The van der Waals surface area contributed by atoms with Crippen LogP contribution in [-0.2, 0) is 0 Å². The Balaban J connectivity index is 1.99. The molecule has 1 N–H and O–H groups in total. The van der Waals surface area contributed by atoms with Gasteiger partial charge >= 0.3 is 0 Å². The van der Waals surface area contributed by atoms with Crippen molar-refractivity contribution in [1.82, 2.24) is 4.98 Å². The summed E-state index contributed by atoms with van der Waals surface area (Å²) < 4.78 is 0. The van der Waals surface area contributed by atoms with Crippen LogP contribution in [0, 0.1) is 0 Å². The van der Waals surface area contributed by atoms with Crippen LogP contribution in [-0.4, -0.2) is 17.4 Å². The Bertz CT molecular complexity index is 316. The van der Waals surface area contributed by atoms with Gasteiger partial charge in [-0.1, -0.05) is 12.1 Å². The predicted molar refractivity (Wildman–Crippen MR) is 53.9 cm³/mol. The molecule has 1 aliphatic rings. The first-order valence-corrected chi connectivity index (χ1v) is 4.31. The van der Waals surface area contributed by atoms with E-state index in [9.17, 15) is 0 Å². The van der Waals surface area contributed by atoms with Crippen LogP contribution >= 0.6 is 0 Å². The standard InChI is InChI=1S/C10H11N3/c1-3-7-11-9(5-1)13-10-6-2-4-8-12-10/h1-5,7-8,10H,6H2,(H,11,13)/t10-/m1/s1. The van der Waals surface area contributed by atoms with Gasteiger partial charge in [-0.15, -0.1) is 0 Å². The molecule has 1 aromatic heterocycles. The fourth-order valence-corrected chi connectivity index (χ4v) is 1.20. The number of anilines is 1. The van der Waals surface area contributed by atoms with Gasteiger partial charge in [-0.2, -0.15) is 0 Å². The molecule has 2 heterocycles. The third-order valence-electron chi connectivity index (χ3n) is 1.83. The molecule has 3 heteroatoms. The van der Waals surface area contributed by atoms with Gasteiger partial charge in [-0.05, 0) is 18.2 Å². The molecule has 0 saturated heterocycles. The quantitative estimate of drug-likeness (QED) is 0.741. The van der Waals surface area contributed by atoms with E-state index in [2.05, 4.69) is 21.4 Å². The Labute approximate surface area is 77.2 Å². The average molecular weight is 173 g/mol. The van der Waals surface area contributed by atoms with E-state index in [0.717, 1.165) is 12.2 Å². The highest BCUT2D eigenvalue weighted by Crippen LogP contribution is 2.08. The number of hydrogen-bond acceptors (Lipinski definition) is 3. The SMILES string of the molecule is C1=CC[C@@H](Nc2ccccn2)N=C1. The summed E-state index contributed by atoms with van der Waals surface area (Å²) in [6.45, 7) is 0. The number of nitrogens with one attached hydrogen (secondary N) is 1. The number of dihydropyridines is 1. The Morgan fingerprint density at radius 1 is 1.38 bits per heavy atom. The first-order valence-electron chi connectivity index (χ1n) is 4.31. The van der Waals surface area contributed by atoms with Gasteiger partial charge in [0.15, 0.2) is 0 Å². The van der Waals surface area contributed by atoms with E-state index in [0.29, 0.717) is 0 Å². The molecule has 0 unspecified atom stereocenters. The fourth-order valence-electron chi connectivity index (χ4n) is 1.20. The van der Waals surface area contributed by atoms with Gasteiger partial charge in [-0.3, -0.25) is 4.99 Å². The second kappa shape index (κ2) is 3.85. The minimum absolute atomic E-state index is 0.139. The maximum absolute atomic E-state index is 4.26. The lowest BCUT2D eigenvalue weighted by molar-refractivity contribution is 0.767. The lowest BCUT2D eigenvalue weighted by Crippen LogP contribution is -2.18. The molecule has 0 radical (unpaired) electrons. The normalized spacial score (nSPS) is 20.2. The van der Waals surface area contributed by atoms with Gasteiger partial charge < -0.3 is 5.32 Å². The molecule has 1 aliphatic heterocycles. The Kier molecular flexibility index (Phi) is 2.36. The smallest absolute Gasteiger partial charge is 0.127 e. The molecule has 13 heavy (non-hydrogen) atoms. The van der Waals surface area contributed by atoms with Crippen molar-refractivity contribution >= 4 is 12.0 Å². The molecule has 3 nitrogen and oxygen atoms in total. The Morgan fingerprint density at radius 3 is 3.08 bits per heavy atom. The summed E-state index contributed by atoms with van der Waals surface area (Å²) in [5, 5.41) is 3.22. The number of allylic oxidation sites excluding steroid dienone is 1. The van der Waals surface area contributed by atoms with Crippen molar-refractivity contribution in [3.05, 3.63) is 36.5 Å². The third-order valence-corrected chi connectivity index (χ3v) is 1.83. The summed E-state index contributed by atoms with van der Waals surface area (Å²) >= 11 is 0. The van der Waals surface area contributed by atoms with Crippen LogP contribution < -0.4 is 5.32 Å². The van der Waals surface area contributed by atoms with E-state index in [1.165, 1.54) is 0 Å². The number of aromatic nitrogens is 1. The van der Waals surface area contributed by atoms with Crippen LogP contribution in [0.25, 0.3) is 0 Å². The number of hydrogen-bond donors (Lipinski definition) is 1. The number of aliphatic imine (C=N–C) groups is 1. The minimum atomic E-state index is 0.139. The molecule has 66 valence electrons. The van der Waals surface area contributed by atoms with Gasteiger partial charge in [-0.25, -0.2) is 4.98 Å². The van der Waals surface area contributed by atoms with Crippen molar-refractivity contribution in [2.75, 3.05) is 5.32 Å². The van der Waals surface area contributed by atoms with Crippen LogP contribution in [0.2, 0.25) is 0 Å². The van der Waals surface area contributed by atoms with Crippen molar-refractivity contribution in [2.24, 2.45) is 4.99 Å². The van der Waals surface area contributed by atoms with Crippen molar-refractivity contribution in [1.29, 1.82) is 0 Å². The molecular weight excluding hydrogens is 162 g/mol. The molecule has 0 aliphatic carbocycles. The van der Waals surface area contributed by atoms with E-state index in [1.807, 2.05) is 30.5 Å². The molecule has 0 bridgehead atoms. The lowest BCUT2D eigenvalue weighted by Gasteiger charge is -2.14. The molecule has 0 fully saturated rings. The molecule has 0 saturated carbocycles. The number of nitrogens with zero attached hydrogens (tertiary/aromatic N) is 2. The second-order valence-electron chi connectivity index (χ2n) is 2.84. The van der Waals surface area contributed by atoms with Gasteiger partial charge in [0, 0.05) is 18.8 Å². The maximum atomic E-state index is 4.26. The van der Waals surface area contributed by atoms with Crippen LogP contribution in [0.5, 0.6) is 0 Å². The predicted octanol–water partition coefficient (Wildman–Crippen LogP) is 1.85. The zero-order valence-corrected chi connectivity index (χ0v) is 7.22. The maximum Gasteiger partial charge on any atom is 0.127 e. The number of rotatable bonds is 2. The van der Waals surface area contributed by atoms with Gasteiger partial charge in [0.1, 0.15) is 12.0 Å². The molecule has 0 aromatic carbocycles. The topological polar surface area (TPSA) is 37.3 Å². The van der Waals surface area contributed by atoms with Gasteiger partial charge in [0.05, 0.1) is 0 Å². The molecule has 2 rings (SSSR count). The molecule has 0 spiro atoms. The third kappa shape index (κ3) is 2.15. The first-order chi connectivity index (χ1) is 6.45. The molecular formula is C10H11N3. The van der Waals surface area contributed by atoms with Crippen molar-refractivity contribution in [3.63, 3.8) is 0 Å². The van der Waals surface area contributed by atoms with Crippen LogP contribution in [0.1, 0.15) is 6.42 Å². The zero-order valence-electron chi connectivity index (χ0n) is 7.22. The summed E-state index contributed by atoms with van der Waals surface area (Å²) in [6.07, 6.45) is 8.69. The molecule has 1 atom stereocenters. The Hall–Kier alpha value is -1.64. The highest BCUT2D eigenvalue weighted by molar-refractivity contribution is 5.72. The van der Waals surface area contributed by atoms with Crippen molar-refractivity contribution in [2.45, 2.75) is 12.6 Å². The highest BCUT2D eigenvalue weighted by atomic mass is 15.1. The lowest BCUT2D eigenvalue weighted by atomic mass is 10.2. The molecule has 1 aromatic rings. The largest absolute Gasteiger partial charge is 0.348 e. The van der Waals surface area contributed by atoms with Gasteiger partial charge in [0.25, 0.3) is 0 Å². The average Bonchev–Trinajstić information content (AvgIpc) is 2.21. The fraction of sp³-hybridized carbons (Fsp3) is 0.200. The van der Waals surface area contributed by atoms with Crippen LogP contribution in [0.3, 0.4) is 0 Å². The summed E-state index contributed by atoms with van der Waals surface area (Å²) in [5.41, 5.74) is 0. The number of pyridine rings is 1. The zero-order chi connectivity index (χ0) is 8.93. The van der Waals surface area contributed by atoms with Crippen LogP contribution in [0.4, 0.5) is 5.82 Å². The Morgan fingerprint density at radius 2 is 2.38 bits per heavy atom. The van der Waals surface area contributed by atoms with Crippen molar-refractivity contribution in [3.8, 4) is 0 Å².